The summed E-state index contributed by atoms with van der Waals surface area (Å²) in [6.07, 6.45) is 4.21. The first-order valence-corrected chi connectivity index (χ1v) is 6.17. The molecule has 0 spiro atoms. The third-order valence-corrected chi connectivity index (χ3v) is 3.29. The van der Waals surface area contributed by atoms with Crippen LogP contribution < -0.4 is 10.1 Å². The van der Waals surface area contributed by atoms with Crippen LogP contribution in [0.25, 0.3) is 0 Å². The third kappa shape index (κ3) is 3.24. The molecule has 0 heterocycles. The second-order valence-corrected chi connectivity index (χ2v) is 4.68. The molecule has 1 aliphatic carbocycles. The normalized spacial score (nSPS) is 17.1. The standard InChI is InChI=1S/C14H21NO/c1-11(15-9-8-12-6-7-12)13-4-3-5-14(10-13)16-2/h3-5,10-12,15H,6-9H2,1-2H3. The van der Waals surface area contributed by atoms with Gasteiger partial charge in [0.1, 0.15) is 5.75 Å². The van der Waals surface area contributed by atoms with E-state index in [0.717, 1.165) is 18.2 Å². The van der Waals surface area contributed by atoms with E-state index in [1.165, 1.54) is 24.8 Å². The van der Waals surface area contributed by atoms with Gasteiger partial charge in [-0.25, -0.2) is 0 Å². The van der Waals surface area contributed by atoms with Crippen LogP contribution in [0.5, 0.6) is 5.75 Å². The molecule has 1 saturated carbocycles. The van der Waals surface area contributed by atoms with Gasteiger partial charge in [-0.1, -0.05) is 25.0 Å². The van der Waals surface area contributed by atoms with E-state index in [1.54, 1.807) is 7.11 Å². The Labute approximate surface area is 98.0 Å². The molecule has 1 atom stereocenters. The summed E-state index contributed by atoms with van der Waals surface area (Å²) in [7, 11) is 1.71. The summed E-state index contributed by atoms with van der Waals surface area (Å²) in [4.78, 5) is 0. The van der Waals surface area contributed by atoms with Crippen LogP contribution in [0.15, 0.2) is 24.3 Å². The minimum Gasteiger partial charge on any atom is -0.497 e. The summed E-state index contributed by atoms with van der Waals surface area (Å²) < 4.78 is 5.23. The molecule has 0 aliphatic heterocycles. The molecule has 1 N–H and O–H groups in total. The number of ether oxygens (including phenoxy) is 1. The van der Waals surface area contributed by atoms with E-state index in [-0.39, 0.29) is 0 Å². The monoisotopic (exact) mass is 219 g/mol. The Bertz CT molecular complexity index is 333. The molecule has 1 aromatic carbocycles. The number of hydrogen-bond donors (Lipinski definition) is 1. The molecule has 1 aromatic rings. The van der Waals surface area contributed by atoms with Crippen LogP contribution in [0.1, 0.15) is 37.8 Å². The van der Waals surface area contributed by atoms with Crippen molar-refractivity contribution in [1.82, 2.24) is 5.32 Å². The molecule has 0 radical (unpaired) electrons. The van der Waals surface area contributed by atoms with Gasteiger partial charge in [0.2, 0.25) is 0 Å². The first kappa shape index (κ1) is 11.5. The van der Waals surface area contributed by atoms with Crippen LogP contribution in [-0.4, -0.2) is 13.7 Å². The minimum absolute atomic E-state index is 0.411. The van der Waals surface area contributed by atoms with Crippen LogP contribution >= 0.6 is 0 Å². The van der Waals surface area contributed by atoms with Crippen LogP contribution in [0.3, 0.4) is 0 Å². The van der Waals surface area contributed by atoms with E-state index in [0.29, 0.717) is 6.04 Å². The van der Waals surface area contributed by atoms with Crippen molar-refractivity contribution < 1.29 is 4.74 Å². The van der Waals surface area contributed by atoms with Crippen molar-refractivity contribution in [3.05, 3.63) is 29.8 Å². The number of nitrogens with one attached hydrogen (secondary N) is 1. The van der Waals surface area contributed by atoms with Gasteiger partial charge in [-0.2, -0.15) is 0 Å². The molecule has 0 saturated heterocycles. The van der Waals surface area contributed by atoms with Crippen LogP contribution in [0.4, 0.5) is 0 Å². The fraction of sp³-hybridized carbons (Fsp3) is 0.571. The molecular formula is C14H21NO. The molecule has 2 nitrogen and oxygen atoms in total. The minimum atomic E-state index is 0.411. The molecule has 0 bridgehead atoms. The SMILES string of the molecule is COc1cccc(C(C)NCCC2CC2)c1. The fourth-order valence-electron chi connectivity index (χ4n) is 1.94. The van der Waals surface area contributed by atoms with E-state index in [4.69, 9.17) is 4.74 Å². The van der Waals surface area contributed by atoms with Gasteiger partial charge < -0.3 is 10.1 Å². The second-order valence-electron chi connectivity index (χ2n) is 4.68. The first-order chi connectivity index (χ1) is 7.79. The van der Waals surface area contributed by atoms with E-state index in [1.807, 2.05) is 12.1 Å². The molecule has 0 aromatic heterocycles. The lowest BCUT2D eigenvalue weighted by Crippen LogP contribution is -2.20. The van der Waals surface area contributed by atoms with Crippen molar-refractivity contribution in [2.24, 2.45) is 5.92 Å². The Hall–Kier alpha value is -1.02. The lowest BCUT2D eigenvalue weighted by molar-refractivity contribution is 0.413. The zero-order valence-electron chi connectivity index (χ0n) is 10.2. The van der Waals surface area contributed by atoms with E-state index in [2.05, 4.69) is 24.4 Å². The highest BCUT2D eigenvalue weighted by Crippen LogP contribution is 2.32. The Morgan fingerprint density at radius 1 is 1.44 bits per heavy atom. The van der Waals surface area contributed by atoms with Gasteiger partial charge in [0.25, 0.3) is 0 Å². The number of hydrogen-bond acceptors (Lipinski definition) is 2. The Balaban J connectivity index is 1.83. The predicted octanol–water partition coefficient (Wildman–Crippen LogP) is 3.15. The van der Waals surface area contributed by atoms with Crippen molar-refractivity contribution in [2.75, 3.05) is 13.7 Å². The summed E-state index contributed by atoms with van der Waals surface area (Å²) in [6, 6.07) is 8.70. The van der Waals surface area contributed by atoms with Gasteiger partial charge in [0.15, 0.2) is 0 Å². The predicted molar refractivity (Wildman–Crippen MR) is 66.8 cm³/mol. The molecule has 0 amide bonds. The molecule has 88 valence electrons. The zero-order chi connectivity index (χ0) is 11.4. The lowest BCUT2D eigenvalue weighted by atomic mass is 10.1. The highest BCUT2D eigenvalue weighted by atomic mass is 16.5. The Morgan fingerprint density at radius 2 is 2.25 bits per heavy atom. The van der Waals surface area contributed by atoms with Gasteiger partial charge in [-0.3, -0.25) is 0 Å². The average Bonchev–Trinajstić information content (AvgIpc) is 3.13. The largest absolute Gasteiger partial charge is 0.497 e. The van der Waals surface area contributed by atoms with Gasteiger partial charge in [0, 0.05) is 6.04 Å². The van der Waals surface area contributed by atoms with Crippen molar-refractivity contribution in [2.45, 2.75) is 32.2 Å². The van der Waals surface area contributed by atoms with E-state index >= 15 is 0 Å². The highest BCUT2D eigenvalue weighted by Gasteiger charge is 2.20. The molecule has 2 heteroatoms. The van der Waals surface area contributed by atoms with Crippen LogP contribution in [0, 0.1) is 5.92 Å². The lowest BCUT2D eigenvalue weighted by Gasteiger charge is -2.14. The van der Waals surface area contributed by atoms with Gasteiger partial charge in [0.05, 0.1) is 7.11 Å². The summed E-state index contributed by atoms with van der Waals surface area (Å²) in [6.45, 7) is 3.34. The van der Waals surface area contributed by atoms with Crippen molar-refractivity contribution in [3.63, 3.8) is 0 Å². The molecule has 1 unspecified atom stereocenters. The molecule has 1 fully saturated rings. The number of rotatable bonds is 6. The van der Waals surface area contributed by atoms with Gasteiger partial charge in [-0.05, 0) is 43.5 Å². The Morgan fingerprint density at radius 3 is 2.94 bits per heavy atom. The maximum absolute atomic E-state index is 5.23. The van der Waals surface area contributed by atoms with Gasteiger partial charge in [-0.15, -0.1) is 0 Å². The second kappa shape index (κ2) is 5.35. The molecule has 16 heavy (non-hydrogen) atoms. The quantitative estimate of drug-likeness (QED) is 0.793. The maximum atomic E-state index is 5.23. The summed E-state index contributed by atoms with van der Waals surface area (Å²) in [5.74, 6) is 1.94. The third-order valence-electron chi connectivity index (χ3n) is 3.29. The zero-order valence-corrected chi connectivity index (χ0v) is 10.2. The molecular weight excluding hydrogens is 198 g/mol. The van der Waals surface area contributed by atoms with Crippen LogP contribution in [0.2, 0.25) is 0 Å². The Kier molecular flexibility index (Phi) is 3.83. The van der Waals surface area contributed by atoms with Crippen molar-refractivity contribution >= 4 is 0 Å². The fourth-order valence-corrected chi connectivity index (χ4v) is 1.94. The van der Waals surface area contributed by atoms with Crippen molar-refractivity contribution in [3.8, 4) is 5.75 Å². The first-order valence-electron chi connectivity index (χ1n) is 6.17. The smallest absolute Gasteiger partial charge is 0.119 e. The molecule has 1 aliphatic rings. The topological polar surface area (TPSA) is 21.3 Å². The summed E-state index contributed by atoms with van der Waals surface area (Å²) >= 11 is 0. The average molecular weight is 219 g/mol. The summed E-state index contributed by atoms with van der Waals surface area (Å²) in [5.41, 5.74) is 1.30. The van der Waals surface area contributed by atoms with E-state index < -0.39 is 0 Å². The number of benzene rings is 1. The molecule has 2 rings (SSSR count). The van der Waals surface area contributed by atoms with Crippen LogP contribution in [-0.2, 0) is 0 Å². The van der Waals surface area contributed by atoms with Crippen molar-refractivity contribution in [1.29, 1.82) is 0 Å². The van der Waals surface area contributed by atoms with E-state index in [9.17, 15) is 0 Å². The number of methoxy groups -OCH3 is 1. The highest BCUT2D eigenvalue weighted by molar-refractivity contribution is 5.30. The summed E-state index contributed by atoms with van der Waals surface area (Å²) in [5, 5.41) is 3.57. The maximum Gasteiger partial charge on any atom is 0.119 e. The van der Waals surface area contributed by atoms with Gasteiger partial charge >= 0.3 is 0 Å².